The van der Waals surface area contributed by atoms with Gasteiger partial charge in [0.15, 0.2) is 0 Å². The number of amides is 1. The molecule has 1 saturated heterocycles. The monoisotopic (exact) mass is 349 g/mol. The summed E-state index contributed by atoms with van der Waals surface area (Å²) in [4.78, 5) is 14.4. The van der Waals surface area contributed by atoms with Gasteiger partial charge in [0.2, 0.25) is 17.7 Å². The number of hydrogen-bond acceptors (Lipinski definition) is 4. The molecule has 1 amide bonds. The number of fused-ring (bicyclic) bond motifs is 1. The minimum atomic E-state index is -0.111. The fourth-order valence-electron chi connectivity index (χ4n) is 3.59. The molecule has 5 heteroatoms. The van der Waals surface area contributed by atoms with Crippen molar-refractivity contribution in [3.8, 4) is 11.5 Å². The van der Waals surface area contributed by atoms with Gasteiger partial charge in [-0.3, -0.25) is 4.79 Å². The first-order valence-electron chi connectivity index (χ1n) is 9.26. The van der Waals surface area contributed by atoms with Gasteiger partial charge >= 0.3 is 0 Å². The molecule has 0 N–H and O–H groups in total. The van der Waals surface area contributed by atoms with Gasteiger partial charge in [0.1, 0.15) is 6.04 Å². The van der Waals surface area contributed by atoms with Crippen LogP contribution in [0.2, 0.25) is 0 Å². The van der Waals surface area contributed by atoms with Crippen molar-refractivity contribution in [3.05, 3.63) is 48.4 Å². The predicted octanol–water partition coefficient (Wildman–Crippen LogP) is 4.60. The number of benzene rings is 2. The molecule has 1 aliphatic rings. The normalized spacial score (nSPS) is 17.8. The minimum Gasteiger partial charge on any atom is -0.418 e. The standard InChI is InChI=1S/C21H23N3O2/c1-14(2)21(25)24-12-6-5-9-18(24)20-23-22-19(26-20)17-11-10-15-7-3-4-8-16(15)13-17/h3-4,7-8,10-11,13-14,18H,5-6,9,12H2,1-2H3/t18-/m1/s1. The molecule has 3 aromatic rings. The van der Waals surface area contributed by atoms with Gasteiger partial charge in [-0.15, -0.1) is 10.2 Å². The molecule has 0 saturated carbocycles. The Morgan fingerprint density at radius 1 is 1.12 bits per heavy atom. The molecule has 4 rings (SSSR count). The highest BCUT2D eigenvalue weighted by Gasteiger charge is 2.33. The van der Waals surface area contributed by atoms with Crippen molar-refractivity contribution in [1.29, 1.82) is 0 Å². The van der Waals surface area contributed by atoms with Crippen molar-refractivity contribution >= 4 is 16.7 Å². The van der Waals surface area contributed by atoms with E-state index >= 15 is 0 Å². The van der Waals surface area contributed by atoms with Crippen LogP contribution in [0.1, 0.15) is 45.0 Å². The van der Waals surface area contributed by atoms with Gasteiger partial charge in [0.25, 0.3) is 0 Å². The smallest absolute Gasteiger partial charge is 0.247 e. The molecule has 0 radical (unpaired) electrons. The third kappa shape index (κ3) is 3.09. The second-order valence-electron chi connectivity index (χ2n) is 7.21. The maximum atomic E-state index is 12.5. The second-order valence-corrected chi connectivity index (χ2v) is 7.21. The fourth-order valence-corrected chi connectivity index (χ4v) is 3.59. The molecule has 2 aromatic carbocycles. The number of carbonyl (C=O) groups is 1. The van der Waals surface area contributed by atoms with E-state index in [0.717, 1.165) is 36.8 Å². The van der Waals surface area contributed by atoms with Crippen LogP contribution in [0.15, 0.2) is 46.9 Å². The van der Waals surface area contributed by atoms with Crippen LogP contribution in [-0.4, -0.2) is 27.5 Å². The molecule has 2 heterocycles. The minimum absolute atomic E-state index is 0.0292. The highest BCUT2D eigenvalue weighted by atomic mass is 16.4. The molecule has 1 fully saturated rings. The van der Waals surface area contributed by atoms with E-state index in [4.69, 9.17) is 4.42 Å². The Balaban J connectivity index is 1.64. The third-order valence-corrected chi connectivity index (χ3v) is 5.00. The van der Waals surface area contributed by atoms with Crippen molar-refractivity contribution in [1.82, 2.24) is 15.1 Å². The number of nitrogens with zero attached hydrogens (tertiary/aromatic N) is 3. The molecule has 0 unspecified atom stereocenters. The Morgan fingerprint density at radius 3 is 2.73 bits per heavy atom. The molecule has 5 nitrogen and oxygen atoms in total. The highest BCUT2D eigenvalue weighted by molar-refractivity contribution is 5.86. The number of piperidine rings is 1. The lowest BCUT2D eigenvalue weighted by molar-refractivity contribution is -0.139. The number of rotatable bonds is 3. The SMILES string of the molecule is CC(C)C(=O)N1CCCC[C@@H]1c1nnc(-c2ccc3ccccc3c2)o1. The molecular formula is C21H23N3O2. The summed E-state index contributed by atoms with van der Waals surface area (Å²) in [5, 5.41) is 10.8. The summed E-state index contributed by atoms with van der Waals surface area (Å²) in [6.45, 7) is 4.63. The zero-order valence-corrected chi connectivity index (χ0v) is 15.2. The van der Waals surface area contributed by atoms with E-state index in [2.05, 4.69) is 34.5 Å². The molecule has 0 spiro atoms. The van der Waals surface area contributed by atoms with E-state index < -0.39 is 0 Å². The van der Waals surface area contributed by atoms with E-state index in [1.807, 2.05) is 36.9 Å². The number of likely N-dealkylation sites (tertiary alicyclic amines) is 1. The molecule has 1 atom stereocenters. The van der Waals surface area contributed by atoms with Gasteiger partial charge in [-0.25, -0.2) is 0 Å². The topological polar surface area (TPSA) is 59.2 Å². The summed E-state index contributed by atoms with van der Waals surface area (Å²) in [5.74, 6) is 1.17. The average molecular weight is 349 g/mol. The van der Waals surface area contributed by atoms with Crippen molar-refractivity contribution in [2.75, 3.05) is 6.54 Å². The number of carbonyl (C=O) groups excluding carboxylic acids is 1. The van der Waals surface area contributed by atoms with Gasteiger partial charge < -0.3 is 9.32 Å². The van der Waals surface area contributed by atoms with E-state index in [9.17, 15) is 4.79 Å². The van der Waals surface area contributed by atoms with Crippen LogP contribution in [0.3, 0.4) is 0 Å². The van der Waals surface area contributed by atoms with Crippen LogP contribution in [0.25, 0.3) is 22.2 Å². The fraction of sp³-hybridized carbons (Fsp3) is 0.381. The summed E-state index contributed by atoms with van der Waals surface area (Å²) >= 11 is 0. The van der Waals surface area contributed by atoms with Gasteiger partial charge in [0.05, 0.1) is 0 Å². The first-order valence-corrected chi connectivity index (χ1v) is 9.26. The maximum Gasteiger partial charge on any atom is 0.247 e. The largest absolute Gasteiger partial charge is 0.418 e. The van der Waals surface area contributed by atoms with Gasteiger partial charge in [-0.05, 0) is 42.2 Å². The molecule has 0 aliphatic carbocycles. The highest BCUT2D eigenvalue weighted by Crippen LogP contribution is 2.33. The van der Waals surface area contributed by atoms with Crippen molar-refractivity contribution in [2.45, 2.75) is 39.2 Å². The predicted molar refractivity (Wildman–Crippen MR) is 100 cm³/mol. The van der Waals surface area contributed by atoms with Gasteiger partial charge in [-0.1, -0.05) is 44.2 Å². The summed E-state index contributed by atoms with van der Waals surface area (Å²) < 4.78 is 6.00. The van der Waals surface area contributed by atoms with E-state index in [1.165, 1.54) is 5.39 Å². The van der Waals surface area contributed by atoms with E-state index in [-0.39, 0.29) is 17.9 Å². The van der Waals surface area contributed by atoms with Crippen molar-refractivity contribution in [3.63, 3.8) is 0 Å². The summed E-state index contributed by atoms with van der Waals surface area (Å²) in [7, 11) is 0. The quantitative estimate of drug-likeness (QED) is 0.693. The number of hydrogen-bond donors (Lipinski definition) is 0. The first kappa shape index (κ1) is 16.8. The summed E-state index contributed by atoms with van der Waals surface area (Å²) in [6, 6.07) is 14.2. The third-order valence-electron chi connectivity index (χ3n) is 5.00. The Bertz CT molecular complexity index is 932. The van der Waals surface area contributed by atoms with Crippen LogP contribution in [0.5, 0.6) is 0 Å². The average Bonchev–Trinajstić information content (AvgIpc) is 3.17. The Hall–Kier alpha value is -2.69. The number of aromatic nitrogens is 2. The van der Waals surface area contributed by atoms with Gasteiger partial charge in [-0.2, -0.15) is 0 Å². The molecule has 134 valence electrons. The van der Waals surface area contributed by atoms with Crippen molar-refractivity contribution in [2.24, 2.45) is 5.92 Å². The lowest BCUT2D eigenvalue weighted by Gasteiger charge is -2.34. The molecule has 26 heavy (non-hydrogen) atoms. The molecule has 1 aromatic heterocycles. The molecular weight excluding hydrogens is 326 g/mol. The Labute approximate surface area is 153 Å². The van der Waals surface area contributed by atoms with Crippen molar-refractivity contribution < 1.29 is 9.21 Å². The molecule has 1 aliphatic heterocycles. The lowest BCUT2D eigenvalue weighted by atomic mass is 10.00. The summed E-state index contributed by atoms with van der Waals surface area (Å²) in [6.07, 6.45) is 2.97. The van der Waals surface area contributed by atoms with E-state index in [1.54, 1.807) is 0 Å². The zero-order chi connectivity index (χ0) is 18.1. The zero-order valence-electron chi connectivity index (χ0n) is 15.2. The Morgan fingerprint density at radius 2 is 1.92 bits per heavy atom. The van der Waals surface area contributed by atoms with Crippen LogP contribution in [0, 0.1) is 5.92 Å². The van der Waals surface area contributed by atoms with Crippen LogP contribution in [0.4, 0.5) is 0 Å². The first-order chi connectivity index (χ1) is 12.6. The van der Waals surface area contributed by atoms with Crippen LogP contribution in [-0.2, 0) is 4.79 Å². The summed E-state index contributed by atoms with van der Waals surface area (Å²) in [5.41, 5.74) is 0.903. The van der Waals surface area contributed by atoms with Crippen LogP contribution >= 0.6 is 0 Å². The van der Waals surface area contributed by atoms with Crippen LogP contribution < -0.4 is 0 Å². The maximum absolute atomic E-state index is 12.5. The van der Waals surface area contributed by atoms with E-state index in [0.29, 0.717) is 11.8 Å². The van der Waals surface area contributed by atoms with Gasteiger partial charge in [0, 0.05) is 18.0 Å². The second kappa shape index (κ2) is 6.90. The molecule has 0 bridgehead atoms. The lowest BCUT2D eigenvalue weighted by Crippen LogP contribution is -2.40. The Kier molecular flexibility index (Phi) is 4.45.